The molecule has 0 aliphatic carbocycles. The number of nitrogens with zero attached hydrogens (tertiary/aromatic N) is 1. The average molecular weight is 456 g/mol. The van der Waals surface area contributed by atoms with Crippen LogP contribution in [0.4, 0.5) is 0 Å². The van der Waals surface area contributed by atoms with E-state index in [1.54, 1.807) is 11.8 Å². The molecular formula is C25H49N3O2S. The van der Waals surface area contributed by atoms with E-state index in [1.807, 2.05) is 4.90 Å². The smallest absolute Gasteiger partial charge is 0.223 e. The molecule has 0 radical (unpaired) electrons. The maximum Gasteiger partial charge on any atom is 0.223 e. The number of thioether (sulfide) groups is 1. The lowest BCUT2D eigenvalue weighted by Crippen LogP contribution is -2.40. The van der Waals surface area contributed by atoms with E-state index in [2.05, 4.69) is 12.2 Å². The largest absolute Gasteiger partial charge is 0.356 e. The fraction of sp³-hybridized carbons (Fsp3) is 0.920. The summed E-state index contributed by atoms with van der Waals surface area (Å²) in [4.78, 5) is 26.9. The summed E-state index contributed by atoms with van der Waals surface area (Å²) in [6.45, 7) is 3.77. The lowest BCUT2D eigenvalue weighted by Gasteiger charge is -2.23. The molecule has 0 aromatic rings. The first-order valence-electron chi connectivity index (χ1n) is 13.0. The molecule has 1 rings (SSSR count). The molecule has 31 heavy (non-hydrogen) atoms. The van der Waals surface area contributed by atoms with E-state index in [0.717, 1.165) is 56.8 Å². The lowest BCUT2D eigenvalue weighted by molar-refractivity contribution is -0.132. The van der Waals surface area contributed by atoms with Crippen LogP contribution in [0, 0.1) is 0 Å². The zero-order valence-corrected chi connectivity index (χ0v) is 21.0. The van der Waals surface area contributed by atoms with Crippen molar-refractivity contribution in [2.75, 3.05) is 24.7 Å². The Morgan fingerprint density at radius 3 is 2.10 bits per heavy atom. The lowest BCUT2D eigenvalue weighted by atomic mass is 10.1. The van der Waals surface area contributed by atoms with Crippen molar-refractivity contribution in [3.8, 4) is 0 Å². The van der Waals surface area contributed by atoms with Gasteiger partial charge in [0.1, 0.15) is 0 Å². The van der Waals surface area contributed by atoms with Crippen LogP contribution in [0.5, 0.6) is 0 Å². The Bertz CT molecular complexity index is 462. The van der Waals surface area contributed by atoms with Crippen molar-refractivity contribution in [2.24, 2.45) is 5.73 Å². The van der Waals surface area contributed by atoms with Crippen molar-refractivity contribution < 1.29 is 9.59 Å². The van der Waals surface area contributed by atoms with Gasteiger partial charge in [-0.05, 0) is 25.8 Å². The molecule has 182 valence electrons. The molecule has 1 unspecified atom stereocenters. The van der Waals surface area contributed by atoms with Crippen LogP contribution in [0.15, 0.2) is 0 Å². The third-order valence-corrected chi connectivity index (χ3v) is 7.25. The standard InChI is InChI=1S/C25H49N3O2S/c1-2-3-4-5-6-7-8-9-11-14-17-25(30)28-22-31-21-23(28)20-24(29)27-19-16-13-10-12-15-18-26/h23H,2-22,26H2,1H3,(H,27,29). The second kappa shape index (κ2) is 19.9. The molecule has 0 bridgehead atoms. The highest BCUT2D eigenvalue weighted by Gasteiger charge is 2.30. The first-order valence-corrected chi connectivity index (χ1v) is 14.2. The van der Waals surface area contributed by atoms with Gasteiger partial charge in [-0.1, -0.05) is 84.0 Å². The summed E-state index contributed by atoms with van der Waals surface area (Å²) in [5, 5.41) is 3.04. The van der Waals surface area contributed by atoms with E-state index in [1.165, 1.54) is 64.2 Å². The van der Waals surface area contributed by atoms with Crippen LogP contribution in [0.3, 0.4) is 0 Å². The zero-order chi connectivity index (χ0) is 22.6. The fourth-order valence-corrected chi connectivity index (χ4v) is 5.37. The highest BCUT2D eigenvalue weighted by Crippen LogP contribution is 2.24. The molecule has 2 amide bonds. The van der Waals surface area contributed by atoms with Gasteiger partial charge in [-0.3, -0.25) is 9.59 Å². The Kier molecular flexibility index (Phi) is 18.2. The average Bonchev–Trinajstić information content (AvgIpc) is 3.22. The molecule has 1 fully saturated rings. The van der Waals surface area contributed by atoms with Crippen molar-refractivity contribution in [3.63, 3.8) is 0 Å². The summed E-state index contributed by atoms with van der Waals surface area (Å²) in [6.07, 6.45) is 19.5. The maximum atomic E-state index is 12.6. The Labute approximate surface area is 196 Å². The van der Waals surface area contributed by atoms with Crippen LogP contribution in [0.2, 0.25) is 0 Å². The van der Waals surface area contributed by atoms with Crippen LogP contribution >= 0.6 is 11.8 Å². The third kappa shape index (κ3) is 14.8. The monoisotopic (exact) mass is 455 g/mol. The van der Waals surface area contributed by atoms with E-state index in [4.69, 9.17) is 5.73 Å². The predicted octanol–water partition coefficient (Wildman–Crippen LogP) is 5.61. The van der Waals surface area contributed by atoms with Gasteiger partial charge in [-0.15, -0.1) is 11.8 Å². The molecule has 1 atom stereocenters. The summed E-state index contributed by atoms with van der Waals surface area (Å²) >= 11 is 1.77. The Morgan fingerprint density at radius 1 is 0.871 bits per heavy atom. The SMILES string of the molecule is CCCCCCCCCCCCC(=O)N1CSCC1CC(=O)NCCCCCCCN. The van der Waals surface area contributed by atoms with Crippen molar-refractivity contribution >= 4 is 23.6 Å². The number of carbonyl (C=O) groups is 2. The second-order valence-electron chi connectivity index (χ2n) is 9.06. The number of nitrogens with two attached hydrogens (primary N) is 1. The van der Waals surface area contributed by atoms with E-state index >= 15 is 0 Å². The molecule has 5 nitrogen and oxygen atoms in total. The quantitative estimate of drug-likeness (QED) is 0.234. The summed E-state index contributed by atoms with van der Waals surface area (Å²) in [7, 11) is 0. The van der Waals surface area contributed by atoms with Crippen LogP contribution in [-0.4, -0.2) is 47.5 Å². The fourth-order valence-electron chi connectivity index (χ4n) is 4.15. The van der Waals surface area contributed by atoms with Gasteiger partial charge in [0.2, 0.25) is 11.8 Å². The van der Waals surface area contributed by atoms with Gasteiger partial charge >= 0.3 is 0 Å². The summed E-state index contributed by atoms with van der Waals surface area (Å²) < 4.78 is 0. The molecule has 1 aliphatic rings. The van der Waals surface area contributed by atoms with Crippen LogP contribution < -0.4 is 11.1 Å². The number of nitrogens with one attached hydrogen (secondary N) is 1. The molecule has 0 aromatic carbocycles. The minimum atomic E-state index is 0.0742. The van der Waals surface area contributed by atoms with Gasteiger partial charge in [0, 0.05) is 25.1 Å². The van der Waals surface area contributed by atoms with Crippen molar-refractivity contribution in [1.82, 2.24) is 10.2 Å². The van der Waals surface area contributed by atoms with Gasteiger partial charge in [-0.2, -0.15) is 0 Å². The number of hydrogen-bond acceptors (Lipinski definition) is 4. The molecule has 3 N–H and O–H groups in total. The topological polar surface area (TPSA) is 75.4 Å². The van der Waals surface area contributed by atoms with Gasteiger partial charge in [-0.25, -0.2) is 0 Å². The number of amides is 2. The molecule has 0 saturated carbocycles. The summed E-state index contributed by atoms with van der Waals surface area (Å²) in [5.74, 6) is 1.96. The summed E-state index contributed by atoms with van der Waals surface area (Å²) in [5.41, 5.74) is 5.50. The Balaban J connectivity index is 2.06. The molecule has 0 spiro atoms. The molecular weight excluding hydrogens is 406 g/mol. The molecule has 1 heterocycles. The first-order chi connectivity index (χ1) is 15.2. The predicted molar refractivity (Wildman–Crippen MR) is 134 cm³/mol. The van der Waals surface area contributed by atoms with Gasteiger partial charge in [0.05, 0.1) is 11.9 Å². The number of carbonyl (C=O) groups excluding carboxylic acids is 2. The molecule has 0 aromatic heterocycles. The highest BCUT2D eigenvalue weighted by molar-refractivity contribution is 7.99. The molecule has 1 saturated heterocycles. The Morgan fingerprint density at radius 2 is 1.45 bits per heavy atom. The first kappa shape index (κ1) is 28.3. The minimum absolute atomic E-state index is 0.0742. The number of rotatable bonds is 20. The van der Waals surface area contributed by atoms with E-state index < -0.39 is 0 Å². The molecule has 1 aliphatic heterocycles. The van der Waals surface area contributed by atoms with E-state index in [-0.39, 0.29) is 17.9 Å². The van der Waals surface area contributed by atoms with Crippen molar-refractivity contribution in [3.05, 3.63) is 0 Å². The molecule has 6 heteroatoms. The van der Waals surface area contributed by atoms with Gasteiger partial charge in [0.25, 0.3) is 0 Å². The van der Waals surface area contributed by atoms with Gasteiger partial charge < -0.3 is 16.0 Å². The van der Waals surface area contributed by atoms with E-state index in [0.29, 0.717) is 12.8 Å². The minimum Gasteiger partial charge on any atom is -0.356 e. The van der Waals surface area contributed by atoms with Crippen molar-refractivity contribution in [1.29, 1.82) is 0 Å². The van der Waals surface area contributed by atoms with Crippen LogP contribution in [-0.2, 0) is 9.59 Å². The second-order valence-corrected chi connectivity index (χ2v) is 10.1. The maximum absolute atomic E-state index is 12.6. The summed E-state index contributed by atoms with van der Waals surface area (Å²) in [6, 6.07) is 0.0742. The third-order valence-electron chi connectivity index (χ3n) is 6.17. The zero-order valence-electron chi connectivity index (χ0n) is 20.2. The highest BCUT2D eigenvalue weighted by atomic mass is 32.2. The van der Waals surface area contributed by atoms with E-state index in [9.17, 15) is 9.59 Å². The number of unbranched alkanes of at least 4 members (excludes halogenated alkanes) is 13. The van der Waals surface area contributed by atoms with Crippen LogP contribution in [0.1, 0.15) is 116 Å². The van der Waals surface area contributed by atoms with Gasteiger partial charge in [0.15, 0.2) is 0 Å². The normalized spacial score (nSPS) is 16.1. The van der Waals surface area contributed by atoms with Crippen LogP contribution in [0.25, 0.3) is 0 Å². The van der Waals surface area contributed by atoms with Crippen molar-refractivity contribution in [2.45, 2.75) is 122 Å². The number of hydrogen-bond donors (Lipinski definition) is 2. The Hall–Kier alpha value is -0.750.